The van der Waals surface area contributed by atoms with Gasteiger partial charge in [-0.3, -0.25) is 9.89 Å². The van der Waals surface area contributed by atoms with Crippen LogP contribution >= 0.6 is 0 Å². The van der Waals surface area contributed by atoms with Crippen LogP contribution in [0.1, 0.15) is 53.6 Å². The second-order valence-corrected chi connectivity index (χ2v) is 10.7. The van der Waals surface area contributed by atoms with Gasteiger partial charge in [0.15, 0.2) is 0 Å². The molecule has 1 amide bonds. The van der Waals surface area contributed by atoms with Gasteiger partial charge in [-0.25, -0.2) is 13.1 Å². The SMILES string of the molecule is O=C(NC1Cc2ccccc2C1)c1cc(-c2ccn[nH]2)cc(S(=O)(=O)NC2CCCCC2)c1. The molecular formula is C25H28N4O3S. The van der Waals surface area contributed by atoms with Gasteiger partial charge in [-0.15, -0.1) is 0 Å². The Kier molecular flexibility index (Phi) is 6.03. The molecule has 0 bridgehead atoms. The number of aromatic nitrogens is 2. The number of amides is 1. The summed E-state index contributed by atoms with van der Waals surface area (Å²) < 4.78 is 29.3. The van der Waals surface area contributed by atoms with E-state index in [2.05, 4.69) is 32.4 Å². The van der Waals surface area contributed by atoms with Gasteiger partial charge in [0, 0.05) is 29.4 Å². The number of hydrogen-bond acceptors (Lipinski definition) is 4. The lowest BCUT2D eigenvalue weighted by Gasteiger charge is -2.23. The summed E-state index contributed by atoms with van der Waals surface area (Å²) in [5.74, 6) is -0.275. The fourth-order valence-corrected chi connectivity index (χ4v) is 6.27. The minimum absolute atomic E-state index is 0.00821. The van der Waals surface area contributed by atoms with Gasteiger partial charge in [0.2, 0.25) is 10.0 Å². The van der Waals surface area contributed by atoms with Crippen molar-refractivity contribution in [3.63, 3.8) is 0 Å². The smallest absolute Gasteiger partial charge is 0.251 e. The van der Waals surface area contributed by atoms with Crippen molar-refractivity contribution in [2.75, 3.05) is 0 Å². The molecule has 2 aliphatic carbocycles. The van der Waals surface area contributed by atoms with Gasteiger partial charge in [0.1, 0.15) is 0 Å². The summed E-state index contributed by atoms with van der Waals surface area (Å²) in [6.07, 6.45) is 8.03. The van der Waals surface area contributed by atoms with E-state index in [1.54, 1.807) is 24.4 Å². The minimum atomic E-state index is -3.76. The largest absolute Gasteiger partial charge is 0.349 e. The van der Waals surface area contributed by atoms with E-state index in [1.807, 2.05) is 12.1 Å². The van der Waals surface area contributed by atoms with Crippen LogP contribution in [0.25, 0.3) is 11.3 Å². The van der Waals surface area contributed by atoms with E-state index in [1.165, 1.54) is 17.2 Å². The highest BCUT2D eigenvalue weighted by Crippen LogP contribution is 2.26. The Bertz CT molecular complexity index is 1220. The number of nitrogens with one attached hydrogen (secondary N) is 3. The Hall–Kier alpha value is -2.97. The number of H-pyrrole nitrogens is 1. The van der Waals surface area contributed by atoms with Crippen LogP contribution in [0.4, 0.5) is 0 Å². The third kappa shape index (κ3) is 4.86. The predicted octanol–water partition coefficient (Wildman–Crippen LogP) is 3.58. The number of aromatic amines is 1. The molecular weight excluding hydrogens is 436 g/mol. The van der Waals surface area contributed by atoms with Crippen molar-refractivity contribution in [2.45, 2.75) is 61.9 Å². The summed E-state index contributed by atoms with van der Waals surface area (Å²) in [4.78, 5) is 13.3. The van der Waals surface area contributed by atoms with Gasteiger partial charge in [-0.05, 0) is 61.1 Å². The Labute approximate surface area is 194 Å². The average Bonchev–Trinajstić information content (AvgIpc) is 3.49. The first-order chi connectivity index (χ1) is 16.0. The maximum Gasteiger partial charge on any atom is 0.251 e. The fraction of sp³-hybridized carbons (Fsp3) is 0.360. The van der Waals surface area contributed by atoms with Gasteiger partial charge in [-0.2, -0.15) is 5.10 Å². The first-order valence-electron chi connectivity index (χ1n) is 11.5. The maximum atomic E-state index is 13.2. The summed E-state index contributed by atoms with van der Waals surface area (Å²) in [5, 5.41) is 9.94. The molecule has 3 aromatic rings. The molecule has 0 atom stereocenters. The minimum Gasteiger partial charge on any atom is -0.349 e. The highest BCUT2D eigenvalue weighted by atomic mass is 32.2. The van der Waals surface area contributed by atoms with Gasteiger partial charge in [0.25, 0.3) is 5.91 Å². The zero-order valence-electron chi connectivity index (χ0n) is 18.4. The molecule has 1 saturated carbocycles. The molecule has 33 heavy (non-hydrogen) atoms. The molecule has 8 heteroatoms. The van der Waals surface area contributed by atoms with Crippen LogP contribution < -0.4 is 10.0 Å². The number of carbonyl (C=O) groups is 1. The number of hydrogen-bond donors (Lipinski definition) is 3. The van der Waals surface area contributed by atoms with Gasteiger partial charge in [-0.1, -0.05) is 43.5 Å². The molecule has 5 rings (SSSR count). The number of rotatable bonds is 6. The first-order valence-corrected chi connectivity index (χ1v) is 13.0. The molecule has 1 fully saturated rings. The normalized spacial score (nSPS) is 17.1. The number of nitrogens with zero attached hydrogens (tertiary/aromatic N) is 1. The standard InChI is InChI=1S/C25H28N4O3S/c30-25(27-22-13-17-6-4-5-7-18(17)14-22)20-12-19(24-10-11-26-28-24)15-23(16-20)33(31,32)29-21-8-2-1-3-9-21/h4-7,10-12,15-16,21-22,29H,1-3,8-9,13-14H2,(H,26,28)(H,27,30). The predicted molar refractivity (Wildman–Crippen MR) is 126 cm³/mol. The summed E-state index contributed by atoms with van der Waals surface area (Å²) in [6, 6.07) is 14.7. The van der Waals surface area contributed by atoms with Crippen molar-refractivity contribution in [1.82, 2.24) is 20.2 Å². The zero-order valence-corrected chi connectivity index (χ0v) is 19.2. The molecule has 0 unspecified atom stereocenters. The highest BCUT2D eigenvalue weighted by molar-refractivity contribution is 7.89. The van der Waals surface area contributed by atoms with E-state index >= 15 is 0 Å². The number of sulfonamides is 1. The molecule has 1 heterocycles. The molecule has 7 nitrogen and oxygen atoms in total. The lowest BCUT2D eigenvalue weighted by atomic mass is 9.96. The monoisotopic (exact) mass is 464 g/mol. The highest BCUT2D eigenvalue weighted by Gasteiger charge is 2.26. The third-order valence-electron chi connectivity index (χ3n) is 6.60. The topological polar surface area (TPSA) is 104 Å². The van der Waals surface area contributed by atoms with Crippen LogP contribution in [0.15, 0.2) is 59.6 Å². The molecule has 0 aliphatic heterocycles. The molecule has 2 aromatic carbocycles. The molecule has 2 aliphatic rings. The molecule has 3 N–H and O–H groups in total. The van der Waals surface area contributed by atoms with E-state index in [9.17, 15) is 13.2 Å². The van der Waals surface area contributed by atoms with Crippen LogP contribution in [0.2, 0.25) is 0 Å². The molecule has 0 spiro atoms. The maximum absolute atomic E-state index is 13.2. The number of fused-ring (bicyclic) bond motifs is 1. The molecule has 1 aromatic heterocycles. The lowest BCUT2D eigenvalue weighted by Crippen LogP contribution is -2.37. The number of benzene rings is 2. The zero-order chi connectivity index (χ0) is 22.8. The molecule has 0 radical (unpaired) electrons. The van der Waals surface area contributed by atoms with Crippen LogP contribution in [-0.2, 0) is 22.9 Å². The van der Waals surface area contributed by atoms with Gasteiger partial charge < -0.3 is 5.32 Å². The van der Waals surface area contributed by atoms with E-state index in [4.69, 9.17) is 0 Å². The lowest BCUT2D eigenvalue weighted by molar-refractivity contribution is 0.0938. The first kappa shape index (κ1) is 21.9. The van der Waals surface area contributed by atoms with Gasteiger partial charge in [0.05, 0.1) is 10.6 Å². The van der Waals surface area contributed by atoms with E-state index in [0.29, 0.717) is 16.8 Å². The van der Waals surface area contributed by atoms with Crippen LogP contribution in [0.5, 0.6) is 0 Å². The van der Waals surface area contributed by atoms with Gasteiger partial charge >= 0.3 is 0 Å². The number of carbonyl (C=O) groups excluding carboxylic acids is 1. The second kappa shape index (κ2) is 9.11. The van der Waals surface area contributed by atoms with Crippen molar-refractivity contribution < 1.29 is 13.2 Å². The molecule has 172 valence electrons. The van der Waals surface area contributed by atoms with Crippen LogP contribution in [-0.4, -0.2) is 36.6 Å². The summed E-state index contributed by atoms with van der Waals surface area (Å²) in [7, 11) is -3.76. The Morgan fingerprint density at radius 3 is 2.33 bits per heavy atom. The van der Waals surface area contributed by atoms with Crippen molar-refractivity contribution >= 4 is 15.9 Å². The Morgan fingerprint density at radius 2 is 1.67 bits per heavy atom. The van der Waals surface area contributed by atoms with E-state index < -0.39 is 10.0 Å². The fourth-order valence-electron chi connectivity index (χ4n) is 4.89. The summed E-state index contributed by atoms with van der Waals surface area (Å²) in [6.45, 7) is 0. The van der Waals surface area contributed by atoms with Crippen molar-refractivity contribution in [1.29, 1.82) is 0 Å². The van der Waals surface area contributed by atoms with Crippen molar-refractivity contribution in [2.24, 2.45) is 0 Å². The van der Waals surface area contributed by atoms with Crippen LogP contribution in [0, 0.1) is 0 Å². The molecule has 0 saturated heterocycles. The van der Waals surface area contributed by atoms with E-state index in [-0.39, 0.29) is 22.9 Å². The van der Waals surface area contributed by atoms with Crippen molar-refractivity contribution in [3.05, 3.63) is 71.4 Å². The Morgan fingerprint density at radius 1 is 0.939 bits per heavy atom. The van der Waals surface area contributed by atoms with Crippen molar-refractivity contribution in [3.8, 4) is 11.3 Å². The average molecular weight is 465 g/mol. The van der Waals surface area contributed by atoms with Crippen LogP contribution in [0.3, 0.4) is 0 Å². The summed E-state index contributed by atoms with van der Waals surface area (Å²) in [5.41, 5.74) is 4.08. The quantitative estimate of drug-likeness (QED) is 0.519. The summed E-state index contributed by atoms with van der Waals surface area (Å²) >= 11 is 0. The van der Waals surface area contributed by atoms with E-state index in [0.717, 1.165) is 44.9 Å². The second-order valence-electron chi connectivity index (χ2n) is 9.02. The Balaban J connectivity index is 1.42. The third-order valence-corrected chi connectivity index (χ3v) is 8.10.